The lowest BCUT2D eigenvalue weighted by Gasteiger charge is -1.94. The third-order valence-electron chi connectivity index (χ3n) is 0.750. The van der Waals surface area contributed by atoms with Gasteiger partial charge in [-0.05, 0) is 0 Å². The number of primary amides is 1. The fourth-order valence-electron chi connectivity index (χ4n) is 0.293. The maximum atomic E-state index is 9.95. The highest BCUT2D eigenvalue weighted by atomic mass is 16.4. The normalized spacial score (nSPS) is 8.36. The number of amides is 1. The number of hydrogen-bond acceptors (Lipinski definition) is 5. The highest BCUT2D eigenvalue weighted by Crippen LogP contribution is 1.58. The summed E-state index contributed by atoms with van der Waals surface area (Å²) >= 11 is 0. The van der Waals surface area contributed by atoms with E-state index in [4.69, 9.17) is 10.2 Å². The van der Waals surface area contributed by atoms with E-state index in [1.165, 1.54) is 0 Å². The summed E-state index contributed by atoms with van der Waals surface area (Å²) < 4.78 is 0. The summed E-state index contributed by atoms with van der Waals surface area (Å²) in [6, 6.07) is 0. The van der Waals surface area contributed by atoms with Gasteiger partial charge in [0, 0.05) is 0 Å². The third kappa shape index (κ3) is 22.4. The molecule has 0 unspecified atom stereocenters. The summed E-state index contributed by atoms with van der Waals surface area (Å²) in [6.45, 7) is -0.602. The van der Waals surface area contributed by atoms with Gasteiger partial charge in [0.15, 0.2) is 0 Å². The van der Waals surface area contributed by atoms with E-state index >= 15 is 0 Å². The Morgan fingerprint density at radius 3 is 1.71 bits per heavy atom. The quantitative estimate of drug-likeness (QED) is 0.325. The Kier molecular flexibility index (Phi) is 9.98. The molecule has 0 saturated carbocycles. The van der Waals surface area contributed by atoms with Crippen molar-refractivity contribution >= 4 is 17.8 Å². The maximum absolute atomic E-state index is 9.95. The van der Waals surface area contributed by atoms with Gasteiger partial charge in [0.25, 0.3) is 0 Å². The number of nitrogens with two attached hydrogens (primary N) is 2. The van der Waals surface area contributed by atoms with Gasteiger partial charge in [0.05, 0.1) is 19.6 Å². The van der Waals surface area contributed by atoms with Gasteiger partial charge in [0.1, 0.15) is 0 Å². The van der Waals surface area contributed by atoms with Gasteiger partial charge >= 0.3 is 11.9 Å². The number of carbonyl (C=O) groups is 3. The second-order valence-electron chi connectivity index (χ2n) is 2.06. The molecule has 14 heavy (non-hydrogen) atoms. The monoisotopic (exact) mass is 207 g/mol. The van der Waals surface area contributed by atoms with E-state index < -0.39 is 17.8 Å². The van der Waals surface area contributed by atoms with Crippen LogP contribution >= 0.6 is 0 Å². The average molecular weight is 207 g/mol. The Morgan fingerprint density at radius 2 is 1.50 bits per heavy atom. The van der Waals surface area contributed by atoms with E-state index in [1.54, 1.807) is 0 Å². The van der Waals surface area contributed by atoms with Crippen molar-refractivity contribution in [2.45, 2.75) is 0 Å². The zero-order valence-corrected chi connectivity index (χ0v) is 7.40. The lowest BCUT2D eigenvalue weighted by molar-refractivity contribution is -0.136. The Hall–Kier alpha value is -1.67. The van der Waals surface area contributed by atoms with Crippen LogP contribution in [-0.4, -0.2) is 47.7 Å². The molecule has 0 fully saturated rings. The zero-order chi connectivity index (χ0) is 11.6. The molecule has 0 heterocycles. The Balaban J connectivity index is 0. The molecule has 0 atom stereocenters. The molecule has 0 aliphatic heterocycles. The van der Waals surface area contributed by atoms with Crippen LogP contribution in [0.2, 0.25) is 0 Å². The molecular weight excluding hydrogens is 194 g/mol. The highest BCUT2D eigenvalue weighted by molar-refractivity contribution is 5.77. The second-order valence-corrected chi connectivity index (χ2v) is 2.06. The van der Waals surface area contributed by atoms with Crippen molar-refractivity contribution in [2.75, 3.05) is 19.6 Å². The van der Waals surface area contributed by atoms with Crippen LogP contribution in [0.25, 0.3) is 0 Å². The SMILES string of the molecule is NC(=O)CNCC(=O)O.NCC(=O)O. The Bertz CT molecular complexity index is 192. The molecule has 0 aromatic carbocycles. The van der Waals surface area contributed by atoms with E-state index in [0.29, 0.717) is 0 Å². The van der Waals surface area contributed by atoms with E-state index in [9.17, 15) is 14.4 Å². The summed E-state index contributed by atoms with van der Waals surface area (Å²) in [7, 11) is 0. The summed E-state index contributed by atoms with van der Waals surface area (Å²) in [5, 5.41) is 17.9. The Labute approximate surface area is 79.9 Å². The first-order chi connectivity index (χ1) is 6.40. The number of carbonyl (C=O) groups excluding carboxylic acids is 1. The van der Waals surface area contributed by atoms with E-state index in [2.05, 4.69) is 16.8 Å². The Morgan fingerprint density at radius 1 is 1.07 bits per heavy atom. The third-order valence-corrected chi connectivity index (χ3v) is 0.750. The fraction of sp³-hybridized carbons (Fsp3) is 0.500. The second kappa shape index (κ2) is 9.42. The summed E-state index contributed by atoms with van der Waals surface area (Å²) in [5.41, 5.74) is 9.26. The van der Waals surface area contributed by atoms with Crippen LogP contribution in [0.4, 0.5) is 0 Å². The van der Waals surface area contributed by atoms with Crippen molar-refractivity contribution in [3.8, 4) is 0 Å². The number of aliphatic carboxylic acids is 2. The molecule has 82 valence electrons. The first-order valence-corrected chi connectivity index (χ1v) is 3.52. The molecule has 7 N–H and O–H groups in total. The molecule has 0 bridgehead atoms. The summed E-state index contributed by atoms with van der Waals surface area (Å²) in [5.74, 6) is -2.53. The van der Waals surface area contributed by atoms with Crippen molar-refractivity contribution in [3.63, 3.8) is 0 Å². The number of rotatable bonds is 5. The van der Waals surface area contributed by atoms with Gasteiger partial charge < -0.3 is 21.7 Å². The molecule has 0 aromatic heterocycles. The fourth-order valence-corrected chi connectivity index (χ4v) is 0.293. The molecule has 0 saturated heterocycles. The summed E-state index contributed by atoms with van der Waals surface area (Å²) in [6.07, 6.45) is 0. The molecular formula is C6H13N3O5. The van der Waals surface area contributed by atoms with Gasteiger partial charge in [-0.3, -0.25) is 19.7 Å². The standard InChI is InChI=1S/C4H8N2O3.C2H5NO2/c5-3(7)1-6-2-4(8)9;3-1-2(4)5/h6H,1-2H2,(H2,5,7)(H,8,9);1,3H2,(H,4,5). The first-order valence-electron chi connectivity index (χ1n) is 3.52. The topological polar surface area (TPSA) is 156 Å². The number of carboxylic acids is 2. The lowest BCUT2D eigenvalue weighted by Crippen LogP contribution is -2.32. The molecule has 0 aliphatic rings. The van der Waals surface area contributed by atoms with Crippen molar-refractivity contribution in [1.29, 1.82) is 0 Å². The van der Waals surface area contributed by atoms with Gasteiger partial charge in [-0.1, -0.05) is 0 Å². The molecule has 0 rings (SSSR count). The van der Waals surface area contributed by atoms with Crippen LogP contribution in [0.3, 0.4) is 0 Å². The van der Waals surface area contributed by atoms with Gasteiger partial charge in [-0.2, -0.15) is 0 Å². The van der Waals surface area contributed by atoms with E-state index in [0.717, 1.165) is 0 Å². The van der Waals surface area contributed by atoms with Crippen molar-refractivity contribution in [2.24, 2.45) is 11.5 Å². The number of carboxylic acid groups (broad SMARTS) is 2. The molecule has 8 heteroatoms. The van der Waals surface area contributed by atoms with Crippen LogP contribution in [0.15, 0.2) is 0 Å². The van der Waals surface area contributed by atoms with Crippen molar-refractivity contribution < 1.29 is 24.6 Å². The smallest absolute Gasteiger partial charge is 0.317 e. The lowest BCUT2D eigenvalue weighted by atomic mass is 10.5. The molecule has 0 aromatic rings. The maximum Gasteiger partial charge on any atom is 0.317 e. The minimum absolute atomic E-state index is 0.0910. The minimum Gasteiger partial charge on any atom is -0.480 e. The summed E-state index contributed by atoms with van der Waals surface area (Å²) in [4.78, 5) is 29.0. The van der Waals surface area contributed by atoms with Gasteiger partial charge in [-0.25, -0.2) is 0 Å². The predicted octanol–water partition coefficient (Wildman–Crippen LogP) is -2.82. The average Bonchev–Trinajstić information content (AvgIpc) is 2.04. The van der Waals surface area contributed by atoms with Crippen molar-refractivity contribution in [3.05, 3.63) is 0 Å². The molecule has 1 amide bonds. The van der Waals surface area contributed by atoms with E-state index in [-0.39, 0.29) is 19.6 Å². The van der Waals surface area contributed by atoms with E-state index in [1.807, 2.05) is 0 Å². The van der Waals surface area contributed by atoms with Crippen LogP contribution in [0.5, 0.6) is 0 Å². The molecule has 8 nitrogen and oxygen atoms in total. The minimum atomic E-state index is -1.00. The first kappa shape index (κ1) is 14.8. The van der Waals surface area contributed by atoms with Crippen LogP contribution in [-0.2, 0) is 14.4 Å². The van der Waals surface area contributed by atoms with Crippen molar-refractivity contribution in [1.82, 2.24) is 5.32 Å². The molecule has 0 radical (unpaired) electrons. The predicted molar refractivity (Wildman–Crippen MR) is 46.4 cm³/mol. The van der Waals surface area contributed by atoms with Gasteiger partial charge in [-0.15, -0.1) is 0 Å². The zero-order valence-electron chi connectivity index (χ0n) is 7.40. The highest BCUT2D eigenvalue weighted by Gasteiger charge is 1.95. The molecule has 0 spiro atoms. The van der Waals surface area contributed by atoms with Crippen LogP contribution in [0.1, 0.15) is 0 Å². The number of nitrogens with one attached hydrogen (secondary N) is 1. The van der Waals surface area contributed by atoms with Crippen LogP contribution in [0, 0.1) is 0 Å². The number of hydrogen-bond donors (Lipinski definition) is 5. The van der Waals surface area contributed by atoms with Gasteiger partial charge in [0.2, 0.25) is 5.91 Å². The van der Waals surface area contributed by atoms with Crippen LogP contribution < -0.4 is 16.8 Å². The molecule has 0 aliphatic carbocycles. The largest absolute Gasteiger partial charge is 0.480 e.